The van der Waals surface area contributed by atoms with Crippen molar-refractivity contribution >= 4 is 5.97 Å². The molecule has 1 saturated heterocycles. The molecule has 5 fully saturated rings. The van der Waals surface area contributed by atoms with E-state index in [1.165, 1.54) is 51.4 Å². The maximum Gasteiger partial charge on any atom is 0.320 e. The van der Waals surface area contributed by atoms with Gasteiger partial charge in [0.25, 0.3) is 0 Å². The van der Waals surface area contributed by atoms with Gasteiger partial charge in [-0.25, -0.2) is 0 Å². The van der Waals surface area contributed by atoms with Gasteiger partial charge in [-0.2, -0.15) is 0 Å². The number of aliphatic carboxylic acids is 1. The van der Waals surface area contributed by atoms with Gasteiger partial charge in [-0.1, -0.05) is 6.42 Å². The molecule has 3 nitrogen and oxygen atoms in total. The summed E-state index contributed by atoms with van der Waals surface area (Å²) < 4.78 is 0. The number of likely N-dealkylation sites (tertiary alicyclic amines) is 1. The van der Waals surface area contributed by atoms with Gasteiger partial charge in [-0.3, -0.25) is 9.69 Å². The summed E-state index contributed by atoms with van der Waals surface area (Å²) in [4.78, 5) is 13.7. The zero-order valence-corrected chi connectivity index (χ0v) is 13.1. The summed E-state index contributed by atoms with van der Waals surface area (Å²) in [5.74, 6) is 2.42. The van der Waals surface area contributed by atoms with Crippen LogP contribution >= 0.6 is 0 Å². The first-order valence-corrected chi connectivity index (χ1v) is 9.10. The van der Waals surface area contributed by atoms with Gasteiger partial charge < -0.3 is 5.11 Å². The minimum absolute atomic E-state index is 0.201. The summed E-state index contributed by atoms with van der Waals surface area (Å²) in [6, 6.07) is -0.201. The van der Waals surface area contributed by atoms with Crippen molar-refractivity contribution in [1.82, 2.24) is 4.90 Å². The molecule has 4 saturated carbocycles. The number of nitrogens with zero attached hydrogens (tertiary/aromatic N) is 1. The van der Waals surface area contributed by atoms with Crippen molar-refractivity contribution in [3.63, 3.8) is 0 Å². The van der Waals surface area contributed by atoms with Crippen molar-refractivity contribution in [2.75, 3.05) is 13.1 Å². The highest BCUT2D eigenvalue weighted by Crippen LogP contribution is 2.61. The Hall–Kier alpha value is -0.570. The zero-order valence-electron chi connectivity index (χ0n) is 13.1. The first-order chi connectivity index (χ1) is 10.1. The number of carbonyl (C=O) groups is 1. The standard InChI is InChI=1S/C18H29NO2/c20-17(21)16-3-1-2-5-19(16)6-4-18-10-13-7-14(11-18)9-15(8-13)12-18/h13-16H,1-12H2,(H,20,21). The summed E-state index contributed by atoms with van der Waals surface area (Å²) >= 11 is 0. The third-order valence-corrected chi connectivity index (χ3v) is 6.99. The maximum atomic E-state index is 11.4. The molecule has 0 aromatic rings. The number of hydrogen-bond acceptors (Lipinski definition) is 2. The lowest BCUT2D eigenvalue weighted by Crippen LogP contribution is -2.50. The fraction of sp³-hybridized carbons (Fsp3) is 0.944. The predicted octanol–water partition coefficient (Wildman–Crippen LogP) is 3.53. The zero-order chi connectivity index (χ0) is 14.4. The van der Waals surface area contributed by atoms with Crippen LogP contribution < -0.4 is 0 Å². The molecule has 1 aliphatic heterocycles. The molecular formula is C18H29NO2. The molecule has 1 unspecified atom stereocenters. The summed E-state index contributed by atoms with van der Waals surface area (Å²) in [5.41, 5.74) is 0.593. The Morgan fingerprint density at radius 3 is 2.24 bits per heavy atom. The summed E-state index contributed by atoms with van der Waals surface area (Å²) in [6.45, 7) is 2.03. The number of hydrogen-bond donors (Lipinski definition) is 1. The van der Waals surface area contributed by atoms with Crippen LogP contribution in [0.2, 0.25) is 0 Å². The average Bonchev–Trinajstić information content (AvgIpc) is 2.44. The van der Waals surface area contributed by atoms with E-state index >= 15 is 0 Å². The number of carboxylic acid groups (broad SMARTS) is 1. The quantitative estimate of drug-likeness (QED) is 0.861. The van der Waals surface area contributed by atoms with E-state index in [9.17, 15) is 9.90 Å². The summed E-state index contributed by atoms with van der Waals surface area (Å²) in [6.07, 6.45) is 13.2. The normalized spacial score (nSPS) is 45.9. The fourth-order valence-corrected chi connectivity index (χ4v) is 6.52. The minimum atomic E-state index is -0.597. The van der Waals surface area contributed by atoms with Crippen LogP contribution in [0.1, 0.15) is 64.2 Å². The molecular weight excluding hydrogens is 262 g/mol. The second-order valence-corrected chi connectivity index (χ2v) is 8.55. The van der Waals surface area contributed by atoms with Crippen LogP contribution in [0, 0.1) is 23.2 Å². The van der Waals surface area contributed by atoms with Crippen LogP contribution in [0.3, 0.4) is 0 Å². The number of carboxylic acids is 1. The second-order valence-electron chi connectivity index (χ2n) is 8.55. The van der Waals surface area contributed by atoms with Gasteiger partial charge in [0.15, 0.2) is 0 Å². The molecule has 21 heavy (non-hydrogen) atoms. The van der Waals surface area contributed by atoms with Crippen molar-refractivity contribution in [2.24, 2.45) is 23.2 Å². The van der Waals surface area contributed by atoms with E-state index in [0.29, 0.717) is 5.41 Å². The highest BCUT2D eigenvalue weighted by Gasteiger charge is 2.50. The third kappa shape index (κ3) is 2.62. The first-order valence-electron chi connectivity index (χ1n) is 9.10. The van der Waals surface area contributed by atoms with Crippen molar-refractivity contribution < 1.29 is 9.90 Å². The van der Waals surface area contributed by atoms with Gasteiger partial charge >= 0.3 is 5.97 Å². The molecule has 0 aromatic carbocycles. The van der Waals surface area contributed by atoms with E-state index in [1.807, 2.05) is 0 Å². The summed E-state index contributed by atoms with van der Waals surface area (Å²) in [7, 11) is 0. The van der Waals surface area contributed by atoms with Crippen molar-refractivity contribution in [3.8, 4) is 0 Å². The van der Waals surface area contributed by atoms with E-state index in [2.05, 4.69) is 4.90 Å². The molecule has 5 rings (SSSR count). The monoisotopic (exact) mass is 291 g/mol. The Balaban J connectivity index is 1.41. The van der Waals surface area contributed by atoms with Crippen LogP contribution in [0.4, 0.5) is 0 Å². The van der Waals surface area contributed by atoms with Gasteiger partial charge in [0.2, 0.25) is 0 Å². The Labute approximate surface area is 128 Å². The molecule has 3 heteroatoms. The van der Waals surface area contributed by atoms with Gasteiger partial charge in [-0.05, 0) is 94.0 Å². The Kier molecular flexibility index (Phi) is 3.52. The van der Waals surface area contributed by atoms with Gasteiger partial charge in [0, 0.05) is 0 Å². The van der Waals surface area contributed by atoms with E-state index in [1.54, 1.807) is 0 Å². The molecule has 4 bridgehead atoms. The maximum absolute atomic E-state index is 11.4. The third-order valence-electron chi connectivity index (χ3n) is 6.99. The second kappa shape index (κ2) is 5.26. The molecule has 0 radical (unpaired) electrons. The van der Waals surface area contributed by atoms with E-state index in [4.69, 9.17) is 0 Å². The number of piperidine rings is 1. The highest BCUT2D eigenvalue weighted by atomic mass is 16.4. The van der Waals surface area contributed by atoms with Gasteiger partial charge in [0.05, 0.1) is 0 Å². The van der Waals surface area contributed by atoms with E-state index in [-0.39, 0.29) is 6.04 Å². The van der Waals surface area contributed by atoms with Crippen LogP contribution in [-0.4, -0.2) is 35.1 Å². The highest BCUT2D eigenvalue weighted by molar-refractivity contribution is 5.73. The molecule has 1 heterocycles. The van der Waals surface area contributed by atoms with Crippen LogP contribution in [-0.2, 0) is 4.79 Å². The molecule has 4 aliphatic carbocycles. The molecule has 118 valence electrons. The van der Waals surface area contributed by atoms with E-state index in [0.717, 1.165) is 43.7 Å². The summed E-state index contributed by atoms with van der Waals surface area (Å²) in [5, 5.41) is 9.43. The number of rotatable bonds is 4. The van der Waals surface area contributed by atoms with Gasteiger partial charge in [-0.15, -0.1) is 0 Å². The van der Waals surface area contributed by atoms with Crippen molar-refractivity contribution in [3.05, 3.63) is 0 Å². The molecule has 1 N–H and O–H groups in total. The largest absolute Gasteiger partial charge is 0.480 e. The molecule has 5 aliphatic rings. The Morgan fingerprint density at radius 1 is 1.05 bits per heavy atom. The lowest BCUT2D eigenvalue weighted by atomic mass is 9.49. The molecule has 0 spiro atoms. The SMILES string of the molecule is O=C(O)C1CCCCN1CCC12CC3CC(CC(C3)C1)C2. The molecule has 1 atom stereocenters. The average molecular weight is 291 g/mol. The Bertz CT molecular complexity index is 384. The Morgan fingerprint density at radius 2 is 1.67 bits per heavy atom. The van der Waals surface area contributed by atoms with Crippen molar-refractivity contribution in [1.29, 1.82) is 0 Å². The van der Waals surface area contributed by atoms with Crippen molar-refractivity contribution in [2.45, 2.75) is 70.3 Å². The van der Waals surface area contributed by atoms with Crippen LogP contribution in [0.5, 0.6) is 0 Å². The molecule has 0 aromatic heterocycles. The topological polar surface area (TPSA) is 40.5 Å². The van der Waals surface area contributed by atoms with Gasteiger partial charge in [0.1, 0.15) is 6.04 Å². The van der Waals surface area contributed by atoms with E-state index < -0.39 is 5.97 Å². The molecule has 0 amide bonds. The predicted molar refractivity (Wildman–Crippen MR) is 82.1 cm³/mol. The smallest absolute Gasteiger partial charge is 0.320 e. The first kappa shape index (κ1) is 14.0. The lowest BCUT2D eigenvalue weighted by molar-refractivity contribution is -0.145. The minimum Gasteiger partial charge on any atom is -0.480 e. The lowest BCUT2D eigenvalue weighted by Gasteiger charge is -2.57. The van der Waals surface area contributed by atoms with Crippen LogP contribution in [0.25, 0.3) is 0 Å². The fourth-order valence-electron chi connectivity index (χ4n) is 6.52. The van der Waals surface area contributed by atoms with Crippen LogP contribution in [0.15, 0.2) is 0 Å².